The normalized spacial score (nSPS) is 16.0. The molecule has 1 aromatic carbocycles. The molecule has 1 unspecified atom stereocenters. The van der Waals surface area contributed by atoms with E-state index in [1.54, 1.807) is 24.5 Å². The van der Waals surface area contributed by atoms with Crippen molar-refractivity contribution in [2.45, 2.75) is 26.7 Å². The fraction of sp³-hybridized carbons (Fsp3) is 0.263. The van der Waals surface area contributed by atoms with E-state index in [2.05, 4.69) is 4.98 Å². The van der Waals surface area contributed by atoms with E-state index in [0.717, 1.165) is 29.7 Å². The second-order valence-electron chi connectivity index (χ2n) is 5.75. The first-order chi connectivity index (χ1) is 11.5. The number of pyridine rings is 1. The maximum absolute atomic E-state index is 12.3. The van der Waals surface area contributed by atoms with Crippen molar-refractivity contribution in [1.29, 1.82) is 0 Å². The Labute approximate surface area is 141 Å². The topological polar surface area (TPSA) is 62.2 Å². The number of carbonyl (C=O) groups is 1. The second kappa shape index (κ2) is 8.36. The molecular formula is C19H21FN2O2. The molecule has 0 spiro atoms. The van der Waals surface area contributed by atoms with Gasteiger partial charge < -0.3 is 0 Å². The van der Waals surface area contributed by atoms with E-state index in [1.165, 1.54) is 6.07 Å². The number of aryl methyl sites for hydroxylation is 2. The Balaban J connectivity index is 0.000000219. The Morgan fingerprint density at radius 3 is 2.54 bits per heavy atom. The molecule has 126 valence electrons. The largest absolute Gasteiger partial charge is 0.289 e. The summed E-state index contributed by atoms with van der Waals surface area (Å²) in [7, 11) is 0. The molecular weight excluding hydrogens is 307 g/mol. The molecule has 1 aliphatic carbocycles. The Kier molecular flexibility index (Phi) is 6.21. The van der Waals surface area contributed by atoms with Crippen LogP contribution in [0.2, 0.25) is 0 Å². The summed E-state index contributed by atoms with van der Waals surface area (Å²) in [6.07, 6.45) is 5.32. The van der Waals surface area contributed by atoms with Crippen LogP contribution in [-0.2, 0) is 4.79 Å². The van der Waals surface area contributed by atoms with Gasteiger partial charge in [0.2, 0.25) is 5.91 Å². The van der Waals surface area contributed by atoms with Gasteiger partial charge in [0.25, 0.3) is 0 Å². The van der Waals surface area contributed by atoms with Gasteiger partial charge in [0.15, 0.2) is 0 Å². The number of hydrogen-bond donors (Lipinski definition) is 2. The fourth-order valence-corrected chi connectivity index (χ4v) is 2.46. The fourth-order valence-electron chi connectivity index (χ4n) is 2.46. The average Bonchev–Trinajstić information content (AvgIpc) is 3.08. The van der Waals surface area contributed by atoms with Gasteiger partial charge in [-0.2, -0.15) is 0 Å². The molecule has 2 N–H and O–H groups in total. The molecule has 1 atom stereocenters. The summed E-state index contributed by atoms with van der Waals surface area (Å²) in [5, 5.41) is 8.55. The minimum absolute atomic E-state index is 0.132. The number of rotatable bonds is 2. The first kappa shape index (κ1) is 17.8. The zero-order chi connectivity index (χ0) is 17.5. The summed E-state index contributed by atoms with van der Waals surface area (Å²) in [5.41, 5.74) is 5.55. The van der Waals surface area contributed by atoms with Gasteiger partial charge in [-0.05, 0) is 55.5 Å². The van der Waals surface area contributed by atoms with Gasteiger partial charge in [-0.25, -0.2) is 9.87 Å². The van der Waals surface area contributed by atoms with Crippen LogP contribution in [0, 0.1) is 25.6 Å². The maximum Gasteiger partial charge on any atom is 0.250 e. The summed E-state index contributed by atoms with van der Waals surface area (Å²) in [6, 6.07) is 10.7. The summed E-state index contributed by atoms with van der Waals surface area (Å²) >= 11 is 0. The number of hydrogen-bond acceptors (Lipinski definition) is 3. The molecule has 0 fully saturated rings. The highest BCUT2D eigenvalue weighted by Gasteiger charge is 2.22. The van der Waals surface area contributed by atoms with Crippen LogP contribution in [0.1, 0.15) is 29.7 Å². The molecule has 1 heterocycles. The third kappa shape index (κ3) is 4.73. The number of nitrogens with zero attached hydrogens (tertiary/aromatic N) is 1. The molecule has 1 aromatic heterocycles. The van der Waals surface area contributed by atoms with Crippen molar-refractivity contribution < 1.29 is 14.4 Å². The number of halogens is 1. The van der Waals surface area contributed by atoms with Gasteiger partial charge in [-0.3, -0.25) is 15.0 Å². The third-order valence-corrected chi connectivity index (χ3v) is 3.93. The summed E-state index contributed by atoms with van der Waals surface area (Å²) < 4.78 is 12.3. The second-order valence-corrected chi connectivity index (χ2v) is 5.75. The van der Waals surface area contributed by atoms with Gasteiger partial charge in [-0.1, -0.05) is 30.3 Å². The SMILES string of the molecule is Cc1ccc(C2=CC(C(=O)NO)CC2)cn1.Cc1ccccc1F. The molecule has 0 aliphatic heterocycles. The van der Waals surface area contributed by atoms with E-state index in [9.17, 15) is 9.18 Å². The predicted molar refractivity (Wildman–Crippen MR) is 90.7 cm³/mol. The van der Waals surface area contributed by atoms with Crippen molar-refractivity contribution >= 4 is 11.5 Å². The molecule has 5 heteroatoms. The Hall–Kier alpha value is -2.53. The number of benzene rings is 1. The highest BCUT2D eigenvalue weighted by atomic mass is 19.1. The smallest absolute Gasteiger partial charge is 0.250 e. The molecule has 0 radical (unpaired) electrons. The van der Waals surface area contributed by atoms with E-state index in [-0.39, 0.29) is 17.6 Å². The maximum atomic E-state index is 12.3. The monoisotopic (exact) mass is 328 g/mol. The predicted octanol–water partition coefficient (Wildman–Crippen LogP) is 3.82. The molecule has 24 heavy (non-hydrogen) atoms. The number of allylic oxidation sites excluding steroid dienone is 1. The van der Waals surface area contributed by atoms with Crippen molar-refractivity contribution in [1.82, 2.24) is 10.5 Å². The molecule has 0 saturated carbocycles. The molecule has 1 aliphatic rings. The van der Waals surface area contributed by atoms with Crippen LogP contribution in [0.5, 0.6) is 0 Å². The van der Waals surface area contributed by atoms with Gasteiger partial charge >= 0.3 is 0 Å². The third-order valence-electron chi connectivity index (χ3n) is 3.93. The van der Waals surface area contributed by atoms with Crippen LogP contribution in [0.15, 0.2) is 48.7 Å². The van der Waals surface area contributed by atoms with Crippen molar-refractivity contribution in [3.63, 3.8) is 0 Å². The zero-order valence-corrected chi connectivity index (χ0v) is 13.8. The van der Waals surface area contributed by atoms with Crippen LogP contribution in [0.25, 0.3) is 5.57 Å². The number of hydroxylamine groups is 1. The van der Waals surface area contributed by atoms with Gasteiger partial charge in [0.05, 0.1) is 5.92 Å². The van der Waals surface area contributed by atoms with E-state index in [4.69, 9.17) is 5.21 Å². The van der Waals surface area contributed by atoms with Crippen LogP contribution in [0.4, 0.5) is 4.39 Å². The lowest BCUT2D eigenvalue weighted by Crippen LogP contribution is -2.25. The number of amides is 1. The molecule has 1 amide bonds. The quantitative estimate of drug-likeness (QED) is 0.651. The minimum Gasteiger partial charge on any atom is -0.289 e. The standard InChI is InChI=1S/C12H14N2O2.C7H7F/c1-8-2-3-11(7-13-8)9-4-5-10(6-9)12(15)14-16;1-6-4-2-3-5-7(6)8/h2-3,6-7,10,16H,4-5H2,1H3,(H,14,15);2-5H,1H3. The lowest BCUT2D eigenvalue weighted by atomic mass is 10.1. The van der Waals surface area contributed by atoms with E-state index >= 15 is 0 Å². The number of carbonyl (C=O) groups excluding carboxylic acids is 1. The van der Waals surface area contributed by atoms with Crippen LogP contribution < -0.4 is 5.48 Å². The van der Waals surface area contributed by atoms with Gasteiger partial charge in [0, 0.05) is 11.9 Å². The zero-order valence-electron chi connectivity index (χ0n) is 13.8. The molecule has 3 rings (SSSR count). The van der Waals surface area contributed by atoms with Crippen LogP contribution in [-0.4, -0.2) is 16.1 Å². The molecule has 0 bridgehead atoms. The van der Waals surface area contributed by atoms with E-state index < -0.39 is 0 Å². The van der Waals surface area contributed by atoms with Crippen LogP contribution >= 0.6 is 0 Å². The molecule has 2 aromatic rings. The van der Waals surface area contributed by atoms with E-state index in [0.29, 0.717) is 5.56 Å². The Morgan fingerprint density at radius 2 is 2.00 bits per heavy atom. The Bertz CT molecular complexity index is 705. The number of nitrogens with one attached hydrogen (secondary N) is 1. The summed E-state index contributed by atoms with van der Waals surface area (Å²) in [6.45, 7) is 3.68. The van der Waals surface area contributed by atoms with Crippen molar-refractivity contribution in [3.8, 4) is 0 Å². The first-order valence-electron chi connectivity index (χ1n) is 7.80. The summed E-state index contributed by atoms with van der Waals surface area (Å²) in [4.78, 5) is 15.4. The molecule has 4 nitrogen and oxygen atoms in total. The average molecular weight is 328 g/mol. The highest BCUT2D eigenvalue weighted by Crippen LogP contribution is 2.31. The molecule has 0 saturated heterocycles. The van der Waals surface area contributed by atoms with Crippen LogP contribution in [0.3, 0.4) is 0 Å². The van der Waals surface area contributed by atoms with Crippen molar-refractivity contribution in [2.75, 3.05) is 0 Å². The Morgan fingerprint density at radius 1 is 1.25 bits per heavy atom. The minimum atomic E-state index is -0.338. The lowest BCUT2D eigenvalue weighted by molar-refractivity contribution is -0.131. The van der Waals surface area contributed by atoms with Crippen molar-refractivity contribution in [3.05, 3.63) is 71.3 Å². The highest BCUT2D eigenvalue weighted by molar-refractivity contribution is 5.84. The lowest BCUT2D eigenvalue weighted by Gasteiger charge is -2.01. The number of aromatic nitrogens is 1. The summed E-state index contributed by atoms with van der Waals surface area (Å²) in [5.74, 6) is -0.691. The van der Waals surface area contributed by atoms with Gasteiger partial charge in [0.1, 0.15) is 5.82 Å². The van der Waals surface area contributed by atoms with Gasteiger partial charge in [-0.15, -0.1) is 0 Å². The van der Waals surface area contributed by atoms with E-state index in [1.807, 2.05) is 37.4 Å². The van der Waals surface area contributed by atoms with Crippen molar-refractivity contribution in [2.24, 2.45) is 5.92 Å². The first-order valence-corrected chi connectivity index (χ1v) is 7.80.